The zero-order valence-electron chi connectivity index (χ0n) is 14.8. The molecule has 9 heteroatoms. The number of nitrogens with two attached hydrogens (primary N) is 1. The normalized spacial score (nSPS) is 11.3. The molecule has 0 atom stereocenters. The first-order chi connectivity index (χ1) is 13.1. The highest BCUT2D eigenvalue weighted by atomic mass is 32.1. The lowest BCUT2D eigenvalue weighted by atomic mass is 10.2. The van der Waals surface area contributed by atoms with Gasteiger partial charge >= 0.3 is 0 Å². The molecule has 1 aromatic carbocycles. The first-order valence-electron chi connectivity index (χ1n) is 7.95. The highest BCUT2D eigenvalue weighted by Gasteiger charge is 2.10. The number of aromatic nitrogens is 2. The number of guanidine groups is 1. The van der Waals surface area contributed by atoms with E-state index in [1.807, 2.05) is 18.2 Å². The van der Waals surface area contributed by atoms with E-state index in [4.69, 9.17) is 15.2 Å². The molecule has 3 N–H and O–H groups in total. The number of methoxy groups -OCH3 is 2. The molecule has 27 heavy (non-hydrogen) atoms. The van der Waals surface area contributed by atoms with E-state index >= 15 is 0 Å². The highest BCUT2D eigenvalue weighted by Crippen LogP contribution is 2.29. The topological polar surface area (TPSA) is 94.7 Å². The molecule has 3 rings (SSSR count). The van der Waals surface area contributed by atoms with Crippen molar-refractivity contribution in [3.63, 3.8) is 0 Å². The van der Waals surface area contributed by atoms with Gasteiger partial charge in [0.15, 0.2) is 11.1 Å². The minimum Gasteiger partial charge on any atom is -0.496 e. The van der Waals surface area contributed by atoms with Gasteiger partial charge < -0.3 is 20.5 Å². The van der Waals surface area contributed by atoms with Gasteiger partial charge in [-0.15, -0.1) is 11.3 Å². The van der Waals surface area contributed by atoms with E-state index in [1.54, 1.807) is 25.7 Å². The number of halogens is 1. The molecule has 0 saturated carbocycles. The average Bonchev–Trinajstić information content (AvgIpc) is 3.14. The monoisotopic (exact) mass is 387 g/mol. The SMILES string of the molecule is COc1cccc(OC)c1CN=C(N)Nc1nc(-c2ccc(F)cn2)cs1. The average molecular weight is 387 g/mol. The van der Waals surface area contributed by atoms with Gasteiger partial charge in [0.1, 0.15) is 23.0 Å². The fourth-order valence-electron chi connectivity index (χ4n) is 2.37. The fraction of sp³-hybridized carbons (Fsp3) is 0.167. The standard InChI is InChI=1S/C18H18FN5O2S/c1-25-15-4-3-5-16(26-2)12(15)9-22-17(20)24-18-23-14(10-27-18)13-7-6-11(19)8-21-13/h3-8,10H,9H2,1-2H3,(H3,20,22,23,24). The summed E-state index contributed by atoms with van der Waals surface area (Å²) in [5.41, 5.74) is 7.96. The van der Waals surface area contributed by atoms with Crippen LogP contribution in [0.3, 0.4) is 0 Å². The second-order valence-corrected chi connectivity index (χ2v) is 6.23. The van der Waals surface area contributed by atoms with Gasteiger partial charge in [0, 0.05) is 5.38 Å². The Morgan fingerprint density at radius 2 is 1.93 bits per heavy atom. The van der Waals surface area contributed by atoms with Gasteiger partial charge in [-0.05, 0) is 24.3 Å². The lowest BCUT2D eigenvalue weighted by Gasteiger charge is -2.11. The second kappa shape index (κ2) is 8.45. The lowest BCUT2D eigenvalue weighted by Crippen LogP contribution is -2.22. The quantitative estimate of drug-likeness (QED) is 0.498. The van der Waals surface area contributed by atoms with Crippen molar-refractivity contribution in [1.29, 1.82) is 0 Å². The summed E-state index contributed by atoms with van der Waals surface area (Å²) in [4.78, 5) is 12.7. The number of pyridine rings is 1. The van der Waals surface area contributed by atoms with Crippen molar-refractivity contribution in [2.24, 2.45) is 10.7 Å². The Morgan fingerprint density at radius 1 is 1.19 bits per heavy atom. The minimum atomic E-state index is -0.393. The van der Waals surface area contributed by atoms with Crippen molar-refractivity contribution >= 4 is 22.4 Å². The van der Waals surface area contributed by atoms with E-state index in [1.165, 1.54) is 17.4 Å². The summed E-state index contributed by atoms with van der Waals surface area (Å²) in [7, 11) is 3.17. The number of anilines is 1. The van der Waals surface area contributed by atoms with E-state index in [-0.39, 0.29) is 12.5 Å². The summed E-state index contributed by atoms with van der Waals surface area (Å²) in [6, 6.07) is 8.41. The Bertz CT molecular complexity index is 921. The molecule has 0 aliphatic heterocycles. The van der Waals surface area contributed by atoms with E-state index in [0.717, 1.165) is 11.8 Å². The van der Waals surface area contributed by atoms with Crippen LogP contribution in [0.25, 0.3) is 11.4 Å². The number of hydrogen-bond donors (Lipinski definition) is 2. The first kappa shape index (κ1) is 18.6. The number of hydrogen-bond acceptors (Lipinski definition) is 6. The predicted molar refractivity (Wildman–Crippen MR) is 104 cm³/mol. The molecule has 3 aromatic rings. The molecule has 0 spiro atoms. The van der Waals surface area contributed by atoms with Crippen LogP contribution in [0.5, 0.6) is 11.5 Å². The number of benzene rings is 1. The van der Waals surface area contributed by atoms with Crippen molar-refractivity contribution in [1.82, 2.24) is 9.97 Å². The van der Waals surface area contributed by atoms with Gasteiger partial charge in [-0.3, -0.25) is 4.98 Å². The summed E-state index contributed by atoms with van der Waals surface area (Å²) >= 11 is 1.35. The number of rotatable bonds is 6. The molecule has 0 aliphatic rings. The molecule has 140 valence electrons. The number of nitrogens with zero attached hydrogens (tertiary/aromatic N) is 3. The predicted octanol–water partition coefficient (Wildman–Crippen LogP) is 3.29. The molecule has 2 aromatic heterocycles. The van der Waals surface area contributed by atoms with E-state index in [2.05, 4.69) is 20.3 Å². The minimum absolute atomic E-state index is 0.205. The summed E-state index contributed by atoms with van der Waals surface area (Å²) in [6.07, 6.45) is 1.15. The van der Waals surface area contributed by atoms with E-state index < -0.39 is 5.82 Å². The van der Waals surface area contributed by atoms with Crippen LogP contribution in [-0.4, -0.2) is 30.1 Å². The van der Waals surface area contributed by atoms with Gasteiger partial charge in [-0.25, -0.2) is 14.4 Å². The third kappa shape index (κ3) is 4.50. The van der Waals surface area contributed by atoms with Crippen LogP contribution >= 0.6 is 11.3 Å². The van der Waals surface area contributed by atoms with Gasteiger partial charge in [0.2, 0.25) is 0 Å². The molecular formula is C18H18FN5O2S. The van der Waals surface area contributed by atoms with Crippen LogP contribution in [-0.2, 0) is 6.54 Å². The van der Waals surface area contributed by atoms with Crippen LogP contribution < -0.4 is 20.5 Å². The van der Waals surface area contributed by atoms with Crippen molar-refractivity contribution in [3.8, 4) is 22.9 Å². The van der Waals surface area contributed by atoms with Gasteiger partial charge in [-0.1, -0.05) is 6.07 Å². The van der Waals surface area contributed by atoms with Crippen LogP contribution in [0.1, 0.15) is 5.56 Å². The maximum Gasteiger partial charge on any atom is 0.195 e. The lowest BCUT2D eigenvalue weighted by molar-refractivity contribution is 0.385. The second-order valence-electron chi connectivity index (χ2n) is 5.37. The Balaban J connectivity index is 1.71. The molecular weight excluding hydrogens is 369 g/mol. The van der Waals surface area contributed by atoms with E-state index in [9.17, 15) is 4.39 Å². The zero-order valence-corrected chi connectivity index (χ0v) is 15.6. The van der Waals surface area contributed by atoms with Crippen LogP contribution in [0, 0.1) is 5.82 Å². The van der Waals surface area contributed by atoms with Crippen molar-refractivity contribution in [2.45, 2.75) is 6.54 Å². The van der Waals surface area contributed by atoms with Gasteiger partial charge in [0.25, 0.3) is 0 Å². The highest BCUT2D eigenvalue weighted by molar-refractivity contribution is 7.14. The molecule has 0 saturated heterocycles. The number of thiazole rings is 1. The molecule has 0 radical (unpaired) electrons. The molecule has 0 amide bonds. The third-order valence-corrected chi connectivity index (χ3v) is 4.42. The van der Waals surface area contributed by atoms with Gasteiger partial charge in [-0.2, -0.15) is 0 Å². The Hall–Kier alpha value is -3.20. The van der Waals surface area contributed by atoms with E-state index in [0.29, 0.717) is 28.0 Å². The Labute approximate surface area is 159 Å². The summed E-state index contributed by atoms with van der Waals surface area (Å²) in [5.74, 6) is 1.15. The Kier molecular flexibility index (Phi) is 5.82. The Morgan fingerprint density at radius 3 is 2.56 bits per heavy atom. The number of aliphatic imine (C=N–C) groups is 1. The van der Waals surface area contributed by atoms with Crippen LogP contribution in [0.15, 0.2) is 46.9 Å². The number of ether oxygens (including phenoxy) is 2. The molecule has 0 aliphatic carbocycles. The third-order valence-electron chi connectivity index (χ3n) is 3.67. The van der Waals surface area contributed by atoms with Crippen LogP contribution in [0.4, 0.5) is 9.52 Å². The van der Waals surface area contributed by atoms with Crippen molar-refractivity contribution in [2.75, 3.05) is 19.5 Å². The molecule has 0 bridgehead atoms. The molecule has 7 nitrogen and oxygen atoms in total. The maximum absolute atomic E-state index is 13.0. The fourth-order valence-corrected chi connectivity index (χ4v) is 3.08. The molecule has 0 unspecified atom stereocenters. The smallest absolute Gasteiger partial charge is 0.195 e. The molecule has 0 fully saturated rings. The zero-order chi connectivity index (χ0) is 19.2. The van der Waals surface area contributed by atoms with Gasteiger partial charge in [0.05, 0.1) is 38.2 Å². The maximum atomic E-state index is 13.0. The van der Waals surface area contributed by atoms with Crippen molar-refractivity contribution < 1.29 is 13.9 Å². The van der Waals surface area contributed by atoms with Crippen LogP contribution in [0.2, 0.25) is 0 Å². The first-order valence-corrected chi connectivity index (χ1v) is 8.83. The largest absolute Gasteiger partial charge is 0.496 e. The van der Waals surface area contributed by atoms with Crippen molar-refractivity contribution in [3.05, 3.63) is 53.3 Å². The summed E-state index contributed by atoms with van der Waals surface area (Å²) in [5, 5.41) is 5.30. The summed E-state index contributed by atoms with van der Waals surface area (Å²) < 4.78 is 23.7. The summed E-state index contributed by atoms with van der Waals surface area (Å²) in [6.45, 7) is 0.282. The molecule has 2 heterocycles. The number of nitrogens with one attached hydrogen (secondary N) is 1.